The average Bonchev–Trinajstić information content (AvgIpc) is 4.31. The van der Waals surface area contributed by atoms with Crippen molar-refractivity contribution in [1.29, 1.82) is 0 Å². The van der Waals surface area contributed by atoms with Gasteiger partial charge in [-0.1, -0.05) is 49.2 Å². The lowest BCUT2D eigenvalue weighted by Gasteiger charge is -2.54. The number of carbonyl (C=O) groups is 2. The SMILES string of the molecule is Cc1ccc(S(=O)(=O)N2c3ccc(C4(N)CC4)nc3C3CC2C3C)cc1.Cc1ccc(S(=O)(=O)N2c3ccc(C4(NC(=O)c5ccc(F)cc5)CC4)nc3C3CC2C3C)cc1.O=C(Cl)c1ccc(F)cc1. The van der Waals surface area contributed by atoms with Gasteiger partial charge in [-0.15, -0.1) is 0 Å². The smallest absolute Gasteiger partial charge is 0.264 e. The molecule has 71 heavy (non-hydrogen) atoms. The molecule has 17 heteroatoms. The summed E-state index contributed by atoms with van der Waals surface area (Å²) >= 11 is 5.09. The van der Waals surface area contributed by atoms with Gasteiger partial charge in [0.25, 0.3) is 31.2 Å². The van der Waals surface area contributed by atoms with Crippen LogP contribution in [-0.2, 0) is 31.1 Å². The van der Waals surface area contributed by atoms with Crippen LogP contribution in [0.2, 0.25) is 0 Å². The molecule has 6 heterocycles. The Balaban J connectivity index is 0.000000141. The number of carbonyl (C=O) groups excluding carboxylic acids is 2. The molecule has 0 saturated heterocycles. The minimum absolute atomic E-state index is 0.0132. The number of sulfonamides is 2. The fourth-order valence-corrected chi connectivity index (χ4v) is 13.9. The summed E-state index contributed by atoms with van der Waals surface area (Å²) in [5.74, 6) is -0.0703. The molecule has 4 aromatic carbocycles. The van der Waals surface area contributed by atoms with Crippen LogP contribution >= 0.6 is 11.6 Å². The molecule has 1 amide bonds. The van der Waals surface area contributed by atoms with E-state index in [1.807, 2.05) is 62.4 Å². The highest BCUT2D eigenvalue weighted by Gasteiger charge is 2.56. The second kappa shape index (κ2) is 17.9. The number of rotatable bonds is 9. The second-order valence-electron chi connectivity index (χ2n) is 19.9. The minimum Gasteiger partial charge on any atom is -0.341 e. The molecule has 0 radical (unpaired) electrons. The number of nitrogens with one attached hydrogen (secondary N) is 1. The van der Waals surface area contributed by atoms with Crippen LogP contribution in [0.4, 0.5) is 20.2 Å². The zero-order valence-electron chi connectivity index (χ0n) is 39.5. The number of nitrogens with two attached hydrogens (primary N) is 1. The largest absolute Gasteiger partial charge is 0.341 e. The number of amides is 1. The van der Waals surface area contributed by atoms with Crippen LogP contribution in [0.3, 0.4) is 0 Å². The summed E-state index contributed by atoms with van der Waals surface area (Å²) in [6, 6.07) is 32.0. The van der Waals surface area contributed by atoms with E-state index in [1.165, 1.54) is 48.5 Å². The van der Waals surface area contributed by atoms with Crippen molar-refractivity contribution in [2.24, 2.45) is 17.6 Å². The first kappa shape index (κ1) is 48.6. The molecular formula is C54H53ClF2N6O6S2. The molecule has 4 fully saturated rings. The molecule has 2 aromatic heterocycles. The minimum atomic E-state index is -3.73. The quantitative estimate of drug-likeness (QED) is 0.134. The third kappa shape index (κ3) is 8.80. The van der Waals surface area contributed by atoms with Crippen molar-refractivity contribution in [2.45, 2.75) is 111 Å². The maximum absolute atomic E-state index is 13.7. The Morgan fingerprint density at radius 2 is 1.01 bits per heavy atom. The van der Waals surface area contributed by atoms with E-state index in [0.29, 0.717) is 27.6 Å². The Morgan fingerprint density at radius 3 is 1.41 bits per heavy atom. The molecule has 6 aromatic rings. The number of aromatic nitrogens is 2. The highest BCUT2D eigenvalue weighted by Crippen LogP contribution is 2.58. The Labute approximate surface area is 417 Å². The van der Waals surface area contributed by atoms with Crippen LogP contribution in [0.5, 0.6) is 0 Å². The first-order valence-electron chi connectivity index (χ1n) is 23.8. The summed E-state index contributed by atoms with van der Waals surface area (Å²) in [5, 5.41) is 2.51. The third-order valence-corrected chi connectivity index (χ3v) is 19.2. The zero-order chi connectivity index (χ0) is 50.4. The van der Waals surface area contributed by atoms with Crippen LogP contribution in [0, 0.1) is 37.3 Å². The van der Waals surface area contributed by atoms with Gasteiger partial charge in [0.1, 0.15) is 11.6 Å². The molecule has 4 aliphatic heterocycles. The normalized spacial score (nSPS) is 23.4. The number of nitrogens with zero attached hydrogens (tertiary/aromatic N) is 4. The molecule has 368 valence electrons. The monoisotopic (exact) mass is 1020 g/mol. The van der Waals surface area contributed by atoms with E-state index in [9.17, 15) is 35.2 Å². The van der Waals surface area contributed by atoms with Gasteiger partial charge in [-0.3, -0.25) is 28.2 Å². The van der Waals surface area contributed by atoms with E-state index in [4.69, 9.17) is 27.3 Å². The van der Waals surface area contributed by atoms with E-state index in [-0.39, 0.29) is 52.0 Å². The van der Waals surface area contributed by atoms with E-state index in [0.717, 1.165) is 78.1 Å². The zero-order valence-corrected chi connectivity index (χ0v) is 41.9. The van der Waals surface area contributed by atoms with Gasteiger partial charge in [-0.25, -0.2) is 25.6 Å². The van der Waals surface area contributed by atoms with Crippen molar-refractivity contribution in [3.63, 3.8) is 0 Å². The standard InChI is InChI=1S/C27H26FN3O3S.C20H23N3O2S.C7H4ClFO/c1-16-3-9-20(10-4-16)35(33,34)31-22-11-12-24(29-25(22)21-15-23(31)17(21)2)27(13-14-27)30-26(32)18-5-7-19(28)8-6-18;1-12-3-5-14(6-4-12)26(24,25)23-16-7-8-18(20(21)9-10-20)22-19(16)15-11-17(23)13(15)2;8-7(10)5-1-3-6(9)4-2-5/h3-12,17,21,23H,13-15H2,1-2H3,(H,30,32);3-8,13,15,17H,9-11,21H2,1-2H3;1-4H. The molecule has 3 N–H and O–H groups in total. The van der Waals surface area contributed by atoms with Gasteiger partial charge >= 0.3 is 0 Å². The summed E-state index contributed by atoms with van der Waals surface area (Å²) in [6.45, 7) is 8.09. The van der Waals surface area contributed by atoms with Crippen LogP contribution in [-0.4, -0.2) is 50.0 Å². The van der Waals surface area contributed by atoms with Gasteiger partial charge in [0, 0.05) is 35.0 Å². The fourth-order valence-electron chi connectivity index (χ4n) is 10.3. The van der Waals surface area contributed by atoms with Crippen molar-refractivity contribution in [3.8, 4) is 0 Å². The topological polar surface area (TPSA) is 173 Å². The van der Waals surface area contributed by atoms with E-state index in [1.54, 1.807) is 32.9 Å². The Hall–Kier alpha value is -6.07. The van der Waals surface area contributed by atoms with Crippen LogP contribution in [0.15, 0.2) is 131 Å². The van der Waals surface area contributed by atoms with Gasteiger partial charge in [-0.2, -0.15) is 0 Å². The van der Waals surface area contributed by atoms with E-state index < -0.39 is 36.6 Å². The summed E-state index contributed by atoms with van der Waals surface area (Å²) in [7, 11) is -7.34. The van der Waals surface area contributed by atoms with Crippen LogP contribution in [0.1, 0.15) is 119 Å². The Kier molecular flexibility index (Phi) is 12.2. The van der Waals surface area contributed by atoms with Crippen LogP contribution in [0.25, 0.3) is 0 Å². The van der Waals surface area contributed by atoms with Crippen molar-refractivity contribution in [1.82, 2.24) is 15.3 Å². The molecule has 4 bridgehead atoms. The van der Waals surface area contributed by atoms with Gasteiger partial charge in [0.15, 0.2) is 0 Å². The summed E-state index contributed by atoms with van der Waals surface area (Å²) in [4.78, 5) is 33.7. The van der Waals surface area contributed by atoms with Crippen LogP contribution < -0.4 is 19.7 Å². The first-order chi connectivity index (χ1) is 33.7. The number of hydrogen-bond donors (Lipinski definition) is 2. The molecular weight excluding hydrogens is 966 g/mol. The molecule has 0 spiro atoms. The highest BCUT2D eigenvalue weighted by molar-refractivity contribution is 7.93. The second-order valence-corrected chi connectivity index (χ2v) is 23.9. The number of pyridine rings is 2. The molecule has 8 aliphatic rings. The Morgan fingerprint density at radius 1 is 0.606 bits per heavy atom. The van der Waals surface area contributed by atoms with Gasteiger partial charge in [-0.05, 0) is 173 Å². The predicted octanol–water partition coefficient (Wildman–Crippen LogP) is 9.89. The molecule has 6 unspecified atom stereocenters. The molecule has 6 atom stereocenters. The summed E-state index contributed by atoms with van der Waals surface area (Å²) in [6.07, 6.45) is 4.98. The molecule has 4 aliphatic carbocycles. The molecule has 4 saturated carbocycles. The molecule has 12 nitrogen and oxygen atoms in total. The molecule has 14 rings (SSSR count). The van der Waals surface area contributed by atoms with Gasteiger partial charge in [0.2, 0.25) is 0 Å². The number of benzene rings is 4. The van der Waals surface area contributed by atoms with Crippen molar-refractivity contribution < 1.29 is 35.2 Å². The lowest BCUT2D eigenvalue weighted by Crippen LogP contribution is -2.57. The summed E-state index contributed by atoms with van der Waals surface area (Å²) < 4.78 is 82.8. The van der Waals surface area contributed by atoms with Gasteiger partial charge in [0.05, 0.1) is 55.0 Å². The van der Waals surface area contributed by atoms with E-state index >= 15 is 0 Å². The number of aryl methyl sites for hydroxylation is 2. The predicted molar refractivity (Wildman–Crippen MR) is 267 cm³/mol. The number of halogens is 3. The Bertz CT molecular complexity index is 3300. The fraction of sp³-hybridized carbons (Fsp3) is 0.333. The lowest BCUT2D eigenvalue weighted by molar-refractivity contribution is 0.0929. The number of hydrogen-bond acceptors (Lipinski definition) is 9. The maximum Gasteiger partial charge on any atom is 0.264 e. The van der Waals surface area contributed by atoms with E-state index in [2.05, 4.69) is 19.2 Å². The summed E-state index contributed by atoms with van der Waals surface area (Å²) in [5.41, 5.74) is 12.9. The first-order valence-corrected chi connectivity index (χ1v) is 27.0. The highest BCUT2D eigenvalue weighted by atomic mass is 35.5. The van der Waals surface area contributed by atoms with Crippen molar-refractivity contribution in [2.75, 3.05) is 8.61 Å². The maximum atomic E-state index is 13.7. The third-order valence-electron chi connectivity index (χ3n) is 15.3. The lowest BCUT2D eigenvalue weighted by atomic mass is 9.65. The average molecular weight is 1020 g/mol. The number of anilines is 2. The van der Waals surface area contributed by atoms with Gasteiger partial charge < -0.3 is 11.1 Å². The van der Waals surface area contributed by atoms with Crippen molar-refractivity contribution in [3.05, 3.63) is 178 Å². The van der Waals surface area contributed by atoms with Crippen molar-refractivity contribution >= 4 is 54.2 Å².